The lowest BCUT2D eigenvalue weighted by atomic mass is 10.1. The molecule has 6 N–H and O–H groups in total. The number of hydrogen-bond acceptors (Lipinski definition) is 10. The molecule has 0 aromatic heterocycles. The fourth-order valence-electron chi connectivity index (χ4n) is 4.10. The molecule has 0 aliphatic heterocycles. The first-order valence-corrected chi connectivity index (χ1v) is 17.5. The van der Waals surface area contributed by atoms with Gasteiger partial charge in [0.05, 0.1) is 49.0 Å². The second kappa shape index (κ2) is 23.1. The quantitative estimate of drug-likeness (QED) is 0.0461. The summed E-state index contributed by atoms with van der Waals surface area (Å²) in [6, 6.07) is 16.1. The van der Waals surface area contributed by atoms with Crippen LogP contribution in [-0.4, -0.2) is 51.6 Å². The van der Waals surface area contributed by atoms with Gasteiger partial charge in [0, 0.05) is 40.9 Å². The summed E-state index contributed by atoms with van der Waals surface area (Å²) in [6.45, 7) is 3.46. The number of ether oxygens (including phenoxy) is 1. The minimum Gasteiger partial charge on any atom is -0.507 e. The van der Waals surface area contributed by atoms with Crippen molar-refractivity contribution in [2.24, 2.45) is 5.73 Å². The van der Waals surface area contributed by atoms with Crippen LogP contribution in [0.1, 0.15) is 59.7 Å². The molecule has 0 bridgehead atoms. The van der Waals surface area contributed by atoms with Gasteiger partial charge in [-0.1, -0.05) is 66.2 Å². The topological polar surface area (TPSA) is 220 Å². The van der Waals surface area contributed by atoms with Crippen molar-refractivity contribution in [3.05, 3.63) is 124 Å². The van der Waals surface area contributed by atoms with E-state index in [9.17, 15) is 34.9 Å². The van der Waals surface area contributed by atoms with E-state index in [2.05, 4.69) is 17.6 Å². The molecule has 4 aromatic carbocycles. The van der Waals surface area contributed by atoms with E-state index in [0.717, 1.165) is 31.7 Å². The monoisotopic (exact) mass is 811 g/mol. The van der Waals surface area contributed by atoms with Crippen molar-refractivity contribution in [1.82, 2.24) is 0 Å². The maximum atomic E-state index is 12.6. The van der Waals surface area contributed by atoms with Crippen LogP contribution in [0, 0.1) is 20.2 Å². The largest absolute Gasteiger partial charge is 0.507 e. The molecule has 2 amide bonds. The summed E-state index contributed by atoms with van der Waals surface area (Å²) in [5, 5.41) is 45.0. The fraction of sp³-hybridized carbons (Fsp3) is 0.257. The number of hydrogen-bond donors (Lipinski definition) is 5. The number of halogens is 4. The van der Waals surface area contributed by atoms with Gasteiger partial charge in [0.2, 0.25) is 0 Å². The number of nitrogens with one attached hydrogen (secondary N) is 2. The number of nitro benzene ring substituents is 2. The summed E-state index contributed by atoms with van der Waals surface area (Å²) in [6.07, 6.45) is 4.90. The molecule has 18 heteroatoms. The third-order valence-electron chi connectivity index (χ3n) is 6.83. The van der Waals surface area contributed by atoms with Crippen LogP contribution in [0.2, 0.25) is 20.1 Å². The van der Waals surface area contributed by atoms with Gasteiger partial charge in [-0.2, -0.15) is 0 Å². The molecule has 0 spiro atoms. The lowest BCUT2D eigenvalue weighted by Crippen LogP contribution is -2.14. The van der Waals surface area contributed by atoms with Gasteiger partial charge < -0.3 is 31.3 Å². The second-order valence-corrected chi connectivity index (χ2v) is 12.5. The molecular weight excluding hydrogens is 776 g/mol. The summed E-state index contributed by atoms with van der Waals surface area (Å²) in [5.41, 5.74) is 5.72. The number of nitro groups is 2. The number of unbranched alkanes of at least 4 members (excludes halogenated alkanes) is 3. The second-order valence-electron chi connectivity index (χ2n) is 10.8. The molecule has 0 aliphatic rings. The number of benzene rings is 4. The maximum absolute atomic E-state index is 12.6. The zero-order valence-electron chi connectivity index (χ0n) is 28.3. The molecule has 53 heavy (non-hydrogen) atoms. The Labute approximate surface area is 325 Å². The van der Waals surface area contributed by atoms with Gasteiger partial charge in [-0.05, 0) is 74.3 Å². The van der Waals surface area contributed by atoms with Crippen LogP contribution in [0.15, 0.2) is 72.8 Å². The zero-order chi connectivity index (χ0) is 39.5. The highest BCUT2D eigenvalue weighted by molar-refractivity contribution is 6.35. The molecule has 0 radical (unpaired) electrons. The first-order chi connectivity index (χ1) is 25.2. The van der Waals surface area contributed by atoms with Gasteiger partial charge >= 0.3 is 0 Å². The number of anilines is 2. The summed E-state index contributed by atoms with van der Waals surface area (Å²) in [4.78, 5) is 44.8. The molecule has 0 atom stereocenters. The Morgan fingerprint density at radius 2 is 1.25 bits per heavy atom. The first kappa shape index (κ1) is 44.5. The van der Waals surface area contributed by atoms with Gasteiger partial charge in [-0.15, -0.1) is 0 Å². The number of aromatic hydroxyl groups is 1. The van der Waals surface area contributed by atoms with Gasteiger partial charge in [-0.3, -0.25) is 29.8 Å². The molecule has 14 nitrogen and oxygen atoms in total. The van der Waals surface area contributed by atoms with Gasteiger partial charge in [0.15, 0.2) is 0 Å². The van der Waals surface area contributed by atoms with Gasteiger partial charge in [-0.25, -0.2) is 0 Å². The molecule has 0 saturated carbocycles. The number of carbonyl (C=O) groups is 2. The Kier molecular flexibility index (Phi) is 19.4. The molecule has 0 aliphatic carbocycles. The van der Waals surface area contributed by atoms with Gasteiger partial charge in [0.25, 0.3) is 23.2 Å². The highest BCUT2D eigenvalue weighted by Crippen LogP contribution is 2.30. The average molecular weight is 814 g/mol. The number of non-ortho nitro benzene ring substituents is 2. The number of rotatable bonds is 14. The highest BCUT2D eigenvalue weighted by Gasteiger charge is 2.18. The van der Waals surface area contributed by atoms with E-state index in [1.807, 2.05) is 0 Å². The number of nitrogens with two attached hydrogens (primary N) is 1. The standard InChI is InChI=1S/C17H17Cl2N3O4.C13H8Cl2N2O4.C5H12O/c18-11-3-6-16(26-8-2-1-7-20)13(9-11)17(23)21-15-5-4-12(22(24)25)10-14(15)19;14-7-1-4-12(18)9(5-7)13(19)16-11-3-2-8(17(20)21)6-10(11)15;1-2-3-4-5-6/h3-6,9-10H,1-2,7-8,20H2,(H,21,23);1-6,18H,(H,16,19);6H,2-5H2,1H3. The summed E-state index contributed by atoms with van der Waals surface area (Å²) >= 11 is 23.6. The fourth-order valence-corrected chi connectivity index (χ4v) is 4.89. The number of aliphatic hydroxyl groups excluding tert-OH is 1. The molecule has 0 saturated heterocycles. The molecular formula is C35H37Cl4N5O9. The predicted octanol–water partition coefficient (Wildman–Crippen LogP) is 9.30. The van der Waals surface area contributed by atoms with Crippen LogP contribution in [0.3, 0.4) is 0 Å². The van der Waals surface area contributed by atoms with E-state index in [-0.39, 0.29) is 54.7 Å². The Balaban J connectivity index is 0.000000323. The molecule has 284 valence electrons. The maximum Gasteiger partial charge on any atom is 0.271 e. The summed E-state index contributed by atoms with van der Waals surface area (Å²) in [5.74, 6) is -0.986. The van der Waals surface area contributed by atoms with Crippen molar-refractivity contribution >= 4 is 81.0 Å². The van der Waals surface area contributed by atoms with Crippen molar-refractivity contribution in [2.45, 2.75) is 39.0 Å². The normalized spacial score (nSPS) is 10.2. The predicted molar refractivity (Wildman–Crippen MR) is 207 cm³/mol. The Morgan fingerprint density at radius 1 is 0.736 bits per heavy atom. The highest BCUT2D eigenvalue weighted by atomic mass is 35.5. The molecule has 0 fully saturated rings. The number of amides is 2. The van der Waals surface area contributed by atoms with E-state index in [0.29, 0.717) is 30.5 Å². The van der Waals surface area contributed by atoms with Crippen LogP contribution < -0.4 is 21.1 Å². The summed E-state index contributed by atoms with van der Waals surface area (Å²) < 4.78 is 5.64. The van der Waals surface area contributed by atoms with Crippen LogP contribution in [0.5, 0.6) is 11.5 Å². The van der Waals surface area contributed by atoms with Crippen molar-refractivity contribution in [2.75, 3.05) is 30.4 Å². The molecule has 0 heterocycles. The van der Waals surface area contributed by atoms with E-state index in [1.165, 1.54) is 61.0 Å². The number of phenolic OH excluding ortho intramolecular Hbond substituents is 1. The van der Waals surface area contributed by atoms with E-state index in [1.54, 1.807) is 12.1 Å². The average Bonchev–Trinajstić information content (AvgIpc) is 3.12. The number of phenols is 1. The first-order valence-electron chi connectivity index (χ1n) is 15.9. The van der Waals surface area contributed by atoms with Crippen LogP contribution >= 0.6 is 46.4 Å². The lowest BCUT2D eigenvalue weighted by molar-refractivity contribution is -0.385. The molecule has 0 unspecified atom stereocenters. The van der Waals surface area contributed by atoms with Crippen molar-refractivity contribution in [3.8, 4) is 11.5 Å². The van der Waals surface area contributed by atoms with Crippen molar-refractivity contribution in [1.29, 1.82) is 0 Å². The minimum absolute atomic E-state index is 0.0130. The molecule has 4 rings (SSSR count). The van der Waals surface area contributed by atoms with Crippen molar-refractivity contribution in [3.63, 3.8) is 0 Å². The van der Waals surface area contributed by atoms with Gasteiger partial charge in [0.1, 0.15) is 11.5 Å². The van der Waals surface area contributed by atoms with Crippen LogP contribution in [0.4, 0.5) is 22.7 Å². The molecule has 4 aromatic rings. The Morgan fingerprint density at radius 3 is 1.70 bits per heavy atom. The zero-order valence-corrected chi connectivity index (χ0v) is 31.3. The summed E-state index contributed by atoms with van der Waals surface area (Å²) in [7, 11) is 0. The SMILES string of the molecule is CCCCCO.NCCCCOc1ccc(Cl)cc1C(=O)Nc1ccc([N+](=O)[O-])cc1Cl.O=C(Nc1ccc([N+](=O)[O-])cc1Cl)c1cc(Cl)ccc1O. The van der Waals surface area contributed by atoms with Crippen LogP contribution in [0.25, 0.3) is 0 Å². The number of nitrogens with zero attached hydrogens (tertiary/aromatic N) is 2. The number of aliphatic hydroxyl groups is 1. The Bertz CT molecular complexity index is 1880. The van der Waals surface area contributed by atoms with E-state index >= 15 is 0 Å². The lowest BCUT2D eigenvalue weighted by Gasteiger charge is -2.13. The third-order valence-corrected chi connectivity index (χ3v) is 7.93. The Hall–Kier alpha value is -4.70. The minimum atomic E-state index is -0.634. The van der Waals surface area contributed by atoms with Crippen LogP contribution in [-0.2, 0) is 0 Å². The van der Waals surface area contributed by atoms with E-state index in [4.69, 9.17) is 62.0 Å². The smallest absolute Gasteiger partial charge is 0.271 e. The number of carbonyl (C=O) groups excluding carboxylic acids is 2. The van der Waals surface area contributed by atoms with E-state index < -0.39 is 21.7 Å². The van der Waals surface area contributed by atoms with Crippen molar-refractivity contribution < 1.29 is 34.4 Å². The third kappa shape index (κ3) is 15.1.